The number of rotatable bonds is 7. The van der Waals surface area contributed by atoms with E-state index in [1.54, 1.807) is 0 Å². The highest BCUT2D eigenvalue weighted by Crippen LogP contribution is 2.19. The molecule has 0 amide bonds. The van der Waals surface area contributed by atoms with Crippen LogP contribution in [0.1, 0.15) is 32.6 Å². The first-order valence-corrected chi connectivity index (χ1v) is 7.15. The predicted molar refractivity (Wildman–Crippen MR) is 68.6 cm³/mol. The van der Waals surface area contributed by atoms with Gasteiger partial charge in [-0.15, -0.1) is 0 Å². The molecule has 0 spiro atoms. The molecule has 1 aliphatic heterocycles. The minimum absolute atomic E-state index is 0.357. The third kappa shape index (κ3) is 4.73. The van der Waals surface area contributed by atoms with Crippen molar-refractivity contribution in [3.8, 4) is 6.07 Å². The van der Waals surface area contributed by atoms with E-state index in [4.69, 9.17) is 10.00 Å². The highest BCUT2D eigenvalue weighted by Gasteiger charge is 2.20. The van der Waals surface area contributed by atoms with Gasteiger partial charge in [0, 0.05) is 12.4 Å². The van der Waals surface area contributed by atoms with E-state index in [-0.39, 0.29) is 5.54 Å². The summed E-state index contributed by atoms with van der Waals surface area (Å²) in [4.78, 5) is 0. The maximum Gasteiger partial charge on any atom is 0.103 e. The summed E-state index contributed by atoms with van der Waals surface area (Å²) in [5.41, 5.74) is -0.357. The van der Waals surface area contributed by atoms with E-state index in [0.717, 1.165) is 31.0 Å². The van der Waals surface area contributed by atoms with Gasteiger partial charge in [-0.25, -0.2) is 0 Å². The molecular formula is C12H22N2OS. The molecule has 0 aromatic heterocycles. The van der Waals surface area contributed by atoms with Crippen LogP contribution in [0.3, 0.4) is 0 Å². The summed E-state index contributed by atoms with van der Waals surface area (Å²) in [5, 5.41) is 12.0. The summed E-state index contributed by atoms with van der Waals surface area (Å²) in [6.07, 6.45) is 4.93. The summed E-state index contributed by atoms with van der Waals surface area (Å²) >= 11 is 1.95. The molecule has 1 aliphatic rings. The number of hydrogen-bond acceptors (Lipinski definition) is 4. The van der Waals surface area contributed by atoms with Crippen LogP contribution in [0.25, 0.3) is 0 Å². The van der Waals surface area contributed by atoms with Gasteiger partial charge in [-0.05, 0) is 45.4 Å². The molecule has 0 radical (unpaired) electrons. The van der Waals surface area contributed by atoms with E-state index in [1.165, 1.54) is 12.8 Å². The Morgan fingerprint density at radius 1 is 1.62 bits per heavy atom. The van der Waals surface area contributed by atoms with Crippen molar-refractivity contribution in [2.45, 2.75) is 44.2 Å². The predicted octanol–water partition coefficient (Wildman–Crippen LogP) is 2.18. The second-order valence-corrected chi connectivity index (χ2v) is 5.66. The van der Waals surface area contributed by atoms with Crippen molar-refractivity contribution in [2.75, 3.05) is 25.2 Å². The van der Waals surface area contributed by atoms with Crippen LogP contribution in [0.15, 0.2) is 0 Å². The molecule has 0 aliphatic carbocycles. The third-order valence-corrected chi connectivity index (χ3v) is 4.28. The number of hydrogen-bond donors (Lipinski definition) is 1. The summed E-state index contributed by atoms with van der Waals surface area (Å²) in [6.45, 7) is 2.90. The van der Waals surface area contributed by atoms with Crippen LogP contribution in [0, 0.1) is 11.3 Å². The van der Waals surface area contributed by atoms with Gasteiger partial charge in [-0.3, -0.25) is 0 Å². The lowest BCUT2D eigenvalue weighted by Crippen LogP contribution is -2.37. The van der Waals surface area contributed by atoms with E-state index < -0.39 is 0 Å². The maximum absolute atomic E-state index is 8.98. The highest BCUT2D eigenvalue weighted by molar-refractivity contribution is 7.99. The molecule has 1 saturated heterocycles. The number of ether oxygens (including phenoxy) is 1. The van der Waals surface area contributed by atoms with Gasteiger partial charge in [0.2, 0.25) is 0 Å². The molecule has 92 valence electrons. The first-order chi connectivity index (χ1) is 7.70. The number of nitrogens with zero attached hydrogens (tertiary/aromatic N) is 1. The summed E-state index contributed by atoms with van der Waals surface area (Å²) in [7, 11) is 1.85. The van der Waals surface area contributed by atoms with Gasteiger partial charge in [0.25, 0.3) is 0 Å². The van der Waals surface area contributed by atoms with Crippen LogP contribution in [-0.4, -0.2) is 36.8 Å². The molecule has 1 rings (SSSR count). The van der Waals surface area contributed by atoms with Gasteiger partial charge < -0.3 is 10.1 Å². The Kier molecular flexibility index (Phi) is 6.18. The van der Waals surface area contributed by atoms with Crippen molar-refractivity contribution >= 4 is 11.8 Å². The zero-order valence-corrected chi connectivity index (χ0v) is 11.1. The van der Waals surface area contributed by atoms with Crippen molar-refractivity contribution in [3.05, 3.63) is 0 Å². The van der Waals surface area contributed by atoms with Gasteiger partial charge in [-0.1, -0.05) is 0 Å². The monoisotopic (exact) mass is 242 g/mol. The van der Waals surface area contributed by atoms with Gasteiger partial charge in [0.1, 0.15) is 5.54 Å². The molecule has 0 bridgehead atoms. The smallest absolute Gasteiger partial charge is 0.103 e. The first-order valence-electron chi connectivity index (χ1n) is 6.00. The van der Waals surface area contributed by atoms with Crippen LogP contribution >= 0.6 is 11.8 Å². The third-order valence-electron chi connectivity index (χ3n) is 3.09. The minimum Gasteiger partial charge on any atom is -0.377 e. The Morgan fingerprint density at radius 3 is 3.00 bits per heavy atom. The van der Waals surface area contributed by atoms with Crippen molar-refractivity contribution in [1.82, 2.24) is 5.32 Å². The quantitative estimate of drug-likeness (QED) is 0.695. The Balaban J connectivity index is 2.01. The molecule has 1 fully saturated rings. The molecule has 1 N–H and O–H groups in total. The van der Waals surface area contributed by atoms with E-state index in [2.05, 4.69) is 11.4 Å². The normalized spacial score (nSPS) is 23.9. The van der Waals surface area contributed by atoms with Crippen LogP contribution in [0.2, 0.25) is 0 Å². The fourth-order valence-electron chi connectivity index (χ4n) is 1.76. The fraction of sp³-hybridized carbons (Fsp3) is 0.917. The van der Waals surface area contributed by atoms with Crippen LogP contribution in [0.5, 0.6) is 0 Å². The van der Waals surface area contributed by atoms with Gasteiger partial charge in [-0.2, -0.15) is 17.0 Å². The van der Waals surface area contributed by atoms with E-state index in [9.17, 15) is 0 Å². The highest BCUT2D eigenvalue weighted by atomic mass is 32.2. The lowest BCUT2D eigenvalue weighted by Gasteiger charge is -2.20. The molecule has 2 atom stereocenters. The van der Waals surface area contributed by atoms with Crippen LogP contribution in [-0.2, 0) is 4.74 Å². The van der Waals surface area contributed by atoms with Gasteiger partial charge in [0.15, 0.2) is 0 Å². The lowest BCUT2D eigenvalue weighted by atomic mass is 9.99. The molecular weight excluding hydrogens is 220 g/mol. The van der Waals surface area contributed by atoms with Crippen LogP contribution in [0.4, 0.5) is 0 Å². The van der Waals surface area contributed by atoms with Gasteiger partial charge >= 0.3 is 0 Å². The Morgan fingerprint density at radius 2 is 2.44 bits per heavy atom. The maximum atomic E-state index is 8.98. The van der Waals surface area contributed by atoms with E-state index in [1.807, 2.05) is 25.7 Å². The molecule has 0 aromatic carbocycles. The molecule has 2 unspecified atom stereocenters. The average Bonchev–Trinajstić information content (AvgIpc) is 2.81. The van der Waals surface area contributed by atoms with Crippen molar-refractivity contribution < 1.29 is 4.74 Å². The molecule has 0 saturated carbocycles. The molecule has 3 nitrogen and oxygen atoms in total. The van der Waals surface area contributed by atoms with Crippen LogP contribution < -0.4 is 5.32 Å². The summed E-state index contributed by atoms with van der Waals surface area (Å²) in [5.74, 6) is 2.24. The Hall–Kier alpha value is -0.240. The largest absolute Gasteiger partial charge is 0.377 e. The molecule has 1 heterocycles. The second kappa shape index (κ2) is 7.16. The zero-order chi connectivity index (χ0) is 11.9. The van der Waals surface area contributed by atoms with Crippen molar-refractivity contribution in [1.29, 1.82) is 5.26 Å². The lowest BCUT2D eigenvalue weighted by molar-refractivity contribution is 0.129. The number of nitrogens with one attached hydrogen (secondary N) is 1. The Bertz CT molecular complexity index is 236. The molecule has 0 aromatic rings. The number of nitriles is 1. The van der Waals surface area contributed by atoms with Gasteiger partial charge in [0.05, 0.1) is 12.2 Å². The average molecular weight is 242 g/mol. The topological polar surface area (TPSA) is 45.0 Å². The second-order valence-electron chi connectivity index (χ2n) is 4.51. The summed E-state index contributed by atoms with van der Waals surface area (Å²) < 4.78 is 5.56. The summed E-state index contributed by atoms with van der Waals surface area (Å²) in [6, 6.07) is 2.32. The van der Waals surface area contributed by atoms with Crippen molar-refractivity contribution in [3.63, 3.8) is 0 Å². The zero-order valence-electron chi connectivity index (χ0n) is 10.3. The SMILES string of the molecule is CNC(C)(C#N)CCCSCC1CCCO1. The van der Waals surface area contributed by atoms with E-state index >= 15 is 0 Å². The Labute approximate surface area is 103 Å². The molecule has 4 heteroatoms. The number of thioether (sulfide) groups is 1. The fourth-order valence-corrected chi connectivity index (χ4v) is 2.80. The minimum atomic E-state index is -0.357. The van der Waals surface area contributed by atoms with Crippen molar-refractivity contribution in [2.24, 2.45) is 0 Å². The standard InChI is InChI=1S/C12H22N2OS/c1-12(10-13,14-2)6-4-8-16-9-11-5-3-7-15-11/h11,14H,3-9H2,1-2H3. The van der Waals surface area contributed by atoms with E-state index in [0.29, 0.717) is 6.10 Å². The molecule has 16 heavy (non-hydrogen) atoms. The first kappa shape index (κ1) is 13.8.